The first-order valence-corrected chi connectivity index (χ1v) is 10.2. The van der Waals surface area contributed by atoms with Gasteiger partial charge < -0.3 is 15.0 Å². The average Bonchev–Trinajstić information content (AvgIpc) is 3.42. The summed E-state index contributed by atoms with van der Waals surface area (Å²) in [6.45, 7) is 5.81. The van der Waals surface area contributed by atoms with E-state index in [-0.39, 0.29) is 0 Å². The lowest BCUT2D eigenvalue weighted by molar-refractivity contribution is 0.293. The Morgan fingerprint density at radius 3 is 2.93 bits per heavy atom. The molecule has 0 saturated carbocycles. The van der Waals surface area contributed by atoms with Gasteiger partial charge in [-0.1, -0.05) is 0 Å². The second-order valence-electron chi connectivity index (χ2n) is 8.02. The van der Waals surface area contributed by atoms with Crippen molar-refractivity contribution in [3.8, 4) is 16.9 Å². The number of pyridine rings is 2. The molecule has 0 atom stereocenters. The van der Waals surface area contributed by atoms with Crippen LogP contribution in [0.1, 0.15) is 19.8 Å². The second-order valence-corrected chi connectivity index (χ2v) is 8.02. The van der Waals surface area contributed by atoms with Crippen LogP contribution in [0.25, 0.3) is 27.7 Å². The predicted molar refractivity (Wildman–Crippen MR) is 111 cm³/mol. The van der Waals surface area contributed by atoms with E-state index in [1.807, 2.05) is 30.0 Å². The summed E-state index contributed by atoms with van der Waals surface area (Å²) >= 11 is 0. The first-order valence-electron chi connectivity index (χ1n) is 10.2. The number of hydrogen-bond donors (Lipinski definition) is 2. The van der Waals surface area contributed by atoms with E-state index in [1.54, 1.807) is 0 Å². The van der Waals surface area contributed by atoms with Crippen LogP contribution in [0.5, 0.6) is 5.75 Å². The molecule has 29 heavy (non-hydrogen) atoms. The smallest absolute Gasteiger partial charge is 0.178 e. The molecule has 148 valence electrons. The fourth-order valence-electron chi connectivity index (χ4n) is 4.72. The van der Waals surface area contributed by atoms with E-state index in [0.29, 0.717) is 12.1 Å². The van der Waals surface area contributed by atoms with Crippen molar-refractivity contribution < 1.29 is 4.74 Å². The van der Waals surface area contributed by atoms with Crippen molar-refractivity contribution in [3.63, 3.8) is 0 Å². The molecule has 1 spiro atoms. The third-order valence-corrected chi connectivity index (χ3v) is 6.12. The maximum atomic E-state index is 5.77. The molecule has 8 heteroatoms. The first-order chi connectivity index (χ1) is 14.2. The summed E-state index contributed by atoms with van der Waals surface area (Å²) in [4.78, 5) is 7.12. The number of hydrogen-bond acceptors (Lipinski definition) is 6. The van der Waals surface area contributed by atoms with E-state index in [1.165, 1.54) is 12.8 Å². The Morgan fingerprint density at radius 1 is 1.24 bits per heavy atom. The van der Waals surface area contributed by atoms with Gasteiger partial charge in [0, 0.05) is 30.4 Å². The van der Waals surface area contributed by atoms with Crippen LogP contribution in [0.3, 0.4) is 0 Å². The van der Waals surface area contributed by atoms with Gasteiger partial charge in [0.15, 0.2) is 5.65 Å². The fourth-order valence-corrected chi connectivity index (χ4v) is 4.72. The summed E-state index contributed by atoms with van der Waals surface area (Å²) in [6, 6.07) is 6.31. The summed E-state index contributed by atoms with van der Waals surface area (Å²) in [5, 5.41) is 16.3. The summed E-state index contributed by atoms with van der Waals surface area (Å²) < 4.78 is 7.63. The Morgan fingerprint density at radius 2 is 2.17 bits per heavy atom. The van der Waals surface area contributed by atoms with Crippen LogP contribution in [0.2, 0.25) is 0 Å². The maximum absolute atomic E-state index is 5.77. The third-order valence-electron chi connectivity index (χ3n) is 6.12. The Hall–Kier alpha value is -3.13. The largest absolute Gasteiger partial charge is 0.492 e. The maximum Gasteiger partial charge on any atom is 0.178 e. The molecule has 0 aromatic carbocycles. The summed E-state index contributed by atoms with van der Waals surface area (Å²) in [7, 11) is 0. The van der Waals surface area contributed by atoms with Crippen molar-refractivity contribution in [2.24, 2.45) is 0 Å². The van der Waals surface area contributed by atoms with Crippen LogP contribution < -0.4 is 15.0 Å². The Balaban J connectivity index is 1.38. The molecule has 0 unspecified atom stereocenters. The lowest BCUT2D eigenvalue weighted by Gasteiger charge is -2.49. The molecule has 2 N–H and O–H groups in total. The molecule has 4 aromatic rings. The van der Waals surface area contributed by atoms with Crippen LogP contribution in [0.4, 0.5) is 5.82 Å². The monoisotopic (exact) mass is 389 g/mol. The van der Waals surface area contributed by atoms with Crippen molar-refractivity contribution in [1.29, 1.82) is 0 Å². The highest BCUT2D eigenvalue weighted by Crippen LogP contribution is 2.35. The SMILES string of the molecule is CCOc1cc(-c2ccc(N3CC4(CCCN4)C3)nc2)c2c3cn[nH]c3nn2c1. The Bertz CT molecular complexity index is 1180. The van der Waals surface area contributed by atoms with Gasteiger partial charge in [0.2, 0.25) is 0 Å². The molecule has 8 nitrogen and oxygen atoms in total. The number of anilines is 1. The predicted octanol–water partition coefficient (Wildman–Crippen LogP) is 2.61. The molecular formula is C21H23N7O. The minimum Gasteiger partial charge on any atom is -0.492 e. The minimum atomic E-state index is 0.322. The van der Waals surface area contributed by atoms with Gasteiger partial charge in [-0.15, -0.1) is 5.10 Å². The summed E-state index contributed by atoms with van der Waals surface area (Å²) in [6.07, 6.45) is 8.22. The van der Waals surface area contributed by atoms with Crippen molar-refractivity contribution in [3.05, 3.63) is 36.8 Å². The van der Waals surface area contributed by atoms with Crippen LogP contribution in [0.15, 0.2) is 36.8 Å². The molecule has 6 heterocycles. The van der Waals surface area contributed by atoms with E-state index in [2.05, 4.69) is 43.7 Å². The zero-order chi connectivity index (χ0) is 19.4. The normalized spacial score (nSPS) is 18.0. The lowest BCUT2D eigenvalue weighted by atomic mass is 9.88. The zero-order valence-corrected chi connectivity index (χ0v) is 16.4. The highest BCUT2D eigenvalue weighted by molar-refractivity contribution is 6.00. The zero-order valence-electron chi connectivity index (χ0n) is 16.4. The summed E-state index contributed by atoms with van der Waals surface area (Å²) in [5.41, 5.74) is 4.17. The van der Waals surface area contributed by atoms with Crippen molar-refractivity contribution in [2.75, 3.05) is 31.1 Å². The van der Waals surface area contributed by atoms with Crippen molar-refractivity contribution in [1.82, 2.24) is 30.1 Å². The van der Waals surface area contributed by atoms with Crippen LogP contribution >= 0.6 is 0 Å². The molecule has 4 aromatic heterocycles. The highest BCUT2D eigenvalue weighted by Gasteiger charge is 2.45. The molecule has 0 bridgehead atoms. The third kappa shape index (κ3) is 2.59. The molecule has 0 radical (unpaired) electrons. The van der Waals surface area contributed by atoms with Gasteiger partial charge in [-0.3, -0.25) is 5.10 Å². The van der Waals surface area contributed by atoms with Crippen LogP contribution in [0, 0.1) is 0 Å². The van der Waals surface area contributed by atoms with Crippen molar-refractivity contribution in [2.45, 2.75) is 25.3 Å². The van der Waals surface area contributed by atoms with Gasteiger partial charge in [0.25, 0.3) is 0 Å². The fraction of sp³-hybridized carbons (Fsp3) is 0.381. The molecule has 2 aliphatic rings. The molecule has 0 amide bonds. The average molecular weight is 389 g/mol. The van der Waals surface area contributed by atoms with Crippen molar-refractivity contribution >= 4 is 22.4 Å². The quantitative estimate of drug-likeness (QED) is 0.558. The van der Waals surface area contributed by atoms with Gasteiger partial charge in [0.05, 0.1) is 35.4 Å². The molecule has 2 fully saturated rings. The first kappa shape index (κ1) is 16.8. The summed E-state index contributed by atoms with van der Waals surface area (Å²) in [5.74, 6) is 1.82. The number of ether oxygens (including phenoxy) is 1. The highest BCUT2D eigenvalue weighted by atomic mass is 16.5. The molecule has 6 rings (SSSR count). The van der Waals surface area contributed by atoms with Gasteiger partial charge in [-0.2, -0.15) is 5.10 Å². The number of nitrogens with one attached hydrogen (secondary N) is 2. The standard InChI is InChI=1S/C21H23N7O/c1-2-29-15-8-16(19-17-10-24-25-20(17)26-28(19)11-15)14-4-5-18(22-9-14)27-12-21(13-27)6-3-7-23-21/h4-5,8-11,23H,2-3,6-7,12-13H2,1H3,(H,25,26). The number of H-pyrrole nitrogens is 1. The second kappa shape index (κ2) is 6.18. The molecule has 0 aliphatic carbocycles. The Kier molecular flexibility index (Phi) is 3.58. The van der Waals surface area contributed by atoms with Crippen LogP contribution in [-0.2, 0) is 0 Å². The van der Waals surface area contributed by atoms with Gasteiger partial charge in [-0.25, -0.2) is 9.50 Å². The number of aromatic nitrogens is 5. The van der Waals surface area contributed by atoms with Gasteiger partial charge in [0.1, 0.15) is 11.6 Å². The number of nitrogens with zero attached hydrogens (tertiary/aromatic N) is 5. The van der Waals surface area contributed by atoms with E-state index in [4.69, 9.17) is 9.72 Å². The molecule has 2 saturated heterocycles. The number of fused-ring (bicyclic) bond motifs is 3. The number of aromatic amines is 1. The van der Waals surface area contributed by atoms with Crippen LogP contribution in [-0.4, -0.2) is 56.6 Å². The van der Waals surface area contributed by atoms with Gasteiger partial charge in [-0.05, 0) is 44.5 Å². The molecule has 2 aliphatic heterocycles. The Labute approximate surface area is 167 Å². The van der Waals surface area contributed by atoms with E-state index in [9.17, 15) is 0 Å². The minimum absolute atomic E-state index is 0.322. The topological polar surface area (TPSA) is 83.4 Å². The molecular weight excluding hydrogens is 366 g/mol. The van der Waals surface area contributed by atoms with E-state index >= 15 is 0 Å². The lowest BCUT2D eigenvalue weighted by Crippen LogP contribution is -2.67. The van der Waals surface area contributed by atoms with Gasteiger partial charge >= 0.3 is 0 Å². The van der Waals surface area contributed by atoms with E-state index in [0.717, 1.165) is 58.9 Å². The number of rotatable bonds is 4. The van der Waals surface area contributed by atoms with E-state index < -0.39 is 0 Å².